The molecule has 0 heterocycles. The van der Waals surface area contributed by atoms with E-state index < -0.39 is 17.8 Å². The fourth-order valence-electron chi connectivity index (χ4n) is 1.36. The Morgan fingerprint density at radius 2 is 2.00 bits per heavy atom. The van der Waals surface area contributed by atoms with Crippen LogP contribution in [0.5, 0.6) is 0 Å². The zero-order valence-corrected chi connectivity index (χ0v) is 9.80. The Morgan fingerprint density at radius 1 is 1.35 bits per heavy atom. The number of anilines is 1. The monoisotopic (exact) mass is 247 g/mol. The number of aliphatic hydroxyl groups is 1. The van der Waals surface area contributed by atoms with Crippen molar-refractivity contribution in [2.45, 2.75) is 32.5 Å². The van der Waals surface area contributed by atoms with Gasteiger partial charge in [-0.05, 0) is 31.0 Å². The van der Waals surface area contributed by atoms with E-state index in [0.717, 1.165) is 17.7 Å². The Kier molecular flexibility index (Phi) is 4.40. The molecule has 96 valence electrons. The van der Waals surface area contributed by atoms with Gasteiger partial charge >= 0.3 is 6.18 Å². The van der Waals surface area contributed by atoms with Gasteiger partial charge in [0.15, 0.2) is 0 Å². The van der Waals surface area contributed by atoms with E-state index in [4.69, 9.17) is 0 Å². The molecule has 0 aliphatic heterocycles. The summed E-state index contributed by atoms with van der Waals surface area (Å²) < 4.78 is 37.5. The number of hydrogen-bond donors (Lipinski definition) is 2. The highest BCUT2D eigenvalue weighted by atomic mass is 19.4. The summed E-state index contributed by atoms with van der Waals surface area (Å²) in [5.41, 5.74) is 0.449. The van der Waals surface area contributed by atoms with Crippen LogP contribution in [0, 0.1) is 6.92 Å². The van der Waals surface area contributed by atoms with Crippen molar-refractivity contribution in [2.24, 2.45) is 0 Å². The third-order valence-corrected chi connectivity index (χ3v) is 2.56. The lowest BCUT2D eigenvalue weighted by atomic mass is 10.1. The molecular weight excluding hydrogens is 231 g/mol. The molecule has 0 aliphatic carbocycles. The average molecular weight is 247 g/mol. The number of nitrogens with one attached hydrogen (secondary N) is 1. The second kappa shape index (κ2) is 5.40. The van der Waals surface area contributed by atoms with E-state index in [1.165, 1.54) is 6.07 Å². The fraction of sp³-hybridized carbons (Fsp3) is 0.500. The summed E-state index contributed by atoms with van der Waals surface area (Å²) >= 11 is 0. The Morgan fingerprint density at radius 3 is 2.53 bits per heavy atom. The van der Waals surface area contributed by atoms with Gasteiger partial charge in [-0.1, -0.05) is 13.0 Å². The van der Waals surface area contributed by atoms with Crippen LogP contribution >= 0.6 is 0 Å². The topological polar surface area (TPSA) is 32.3 Å². The van der Waals surface area contributed by atoms with Crippen molar-refractivity contribution in [3.8, 4) is 0 Å². The average Bonchev–Trinajstić information content (AvgIpc) is 2.26. The first-order valence-electron chi connectivity index (χ1n) is 5.44. The maximum Gasteiger partial charge on any atom is 0.416 e. The molecule has 0 saturated heterocycles. The fourth-order valence-corrected chi connectivity index (χ4v) is 1.36. The summed E-state index contributed by atoms with van der Waals surface area (Å²) in [5, 5.41) is 12.2. The summed E-state index contributed by atoms with van der Waals surface area (Å²) in [4.78, 5) is 0. The summed E-state index contributed by atoms with van der Waals surface area (Å²) in [6.07, 6.45) is -4.33. The van der Waals surface area contributed by atoms with E-state index in [9.17, 15) is 18.3 Å². The SMILES string of the molecule is CCC(O)CNc1cc(C(F)(F)F)ccc1C. The maximum absolute atomic E-state index is 12.5. The third kappa shape index (κ3) is 3.93. The molecule has 0 aromatic heterocycles. The highest BCUT2D eigenvalue weighted by Gasteiger charge is 2.30. The van der Waals surface area contributed by atoms with E-state index in [1.54, 1.807) is 6.92 Å². The lowest BCUT2D eigenvalue weighted by molar-refractivity contribution is -0.137. The number of hydrogen-bond acceptors (Lipinski definition) is 2. The number of aryl methyl sites for hydroxylation is 1. The Hall–Kier alpha value is -1.23. The molecule has 17 heavy (non-hydrogen) atoms. The molecule has 1 aromatic carbocycles. The predicted octanol–water partition coefficient (Wildman–Crippen LogP) is 3.20. The largest absolute Gasteiger partial charge is 0.416 e. The minimum Gasteiger partial charge on any atom is -0.391 e. The van der Waals surface area contributed by atoms with Gasteiger partial charge in [-0.15, -0.1) is 0 Å². The van der Waals surface area contributed by atoms with E-state index in [1.807, 2.05) is 6.92 Å². The lowest BCUT2D eigenvalue weighted by Gasteiger charge is -2.15. The van der Waals surface area contributed by atoms with Gasteiger partial charge in [-0.25, -0.2) is 0 Å². The van der Waals surface area contributed by atoms with Crippen LogP contribution in [0.1, 0.15) is 24.5 Å². The quantitative estimate of drug-likeness (QED) is 0.856. The molecule has 1 atom stereocenters. The molecule has 1 aromatic rings. The molecule has 0 spiro atoms. The van der Waals surface area contributed by atoms with Crippen LogP contribution in [-0.2, 0) is 6.18 Å². The molecule has 2 nitrogen and oxygen atoms in total. The molecule has 0 amide bonds. The maximum atomic E-state index is 12.5. The standard InChI is InChI=1S/C12H16F3NO/c1-3-10(17)7-16-11-6-9(12(13,14)15)5-4-8(11)2/h4-6,10,16-17H,3,7H2,1-2H3. The molecule has 5 heteroatoms. The number of halogens is 3. The zero-order valence-electron chi connectivity index (χ0n) is 9.80. The molecule has 0 saturated carbocycles. The van der Waals surface area contributed by atoms with Crippen molar-refractivity contribution >= 4 is 5.69 Å². The summed E-state index contributed by atoms with van der Waals surface area (Å²) in [7, 11) is 0. The van der Waals surface area contributed by atoms with Crippen LogP contribution in [-0.4, -0.2) is 17.8 Å². The van der Waals surface area contributed by atoms with Crippen LogP contribution in [0.15, 0.2) is 18.2 Å². The minimum atomic E-state index is -4.34. The van der Waals surface area contributed by atoms with Crippen molar-refractivity contribution in [1.82, 2.24) is 0 Å². The van der Waals surface area contributed by atoms with E-state index in [0.29, 0.717) is 12.1 Å². The Bertz CT molecular complexity index is 377. The van der Waals surface area contributed by atoms with Crippen molar-refractivity contribution in [2.75, 3.05) is 11.9 Å². The smallest absolute Gasteiger partial charge is 0.391 e. The number of rotatable bonds is 4. The van der Waals surface area contributed by atoms with Gasteiger partial charge in [0.25, 0.3) is 0 Å². The first kappa shape index (κ1) is 13.8. The molecule has 1 rings (SSSR count). The van der Waals surface area contributed by atoms with Gasteiger partial charge in [0.05, 0.1) is 11.7 Å². The molecule has 2 N–H and O–H groups in total. The second-order valence-corrected chi connectivity index (χ2v) is 3.97. The minimum absolute atomic E-state index is 0.249. The molecule has 1 unspecified atom stereocenters. The summed E-state index contributed by atoms with van der Waals surface area (Å²) in [5.74, 6) is 0. The first-order valence-corrected chi connectivity index (χ1v) is 5.44. The number of alkyl halides is 3. The second-order valence-electron chi connectivity index (χ2n) is 3.97. The number of benzene rings is 1. The van der Waals surface area contributed by atoms with Crippen molar-refractivity contribution < 1.29 is 18.3 Å². The molecule has 0 radical (unpaired) electrons. The van der Waals surface area contributed by atoms with Gasteiger partial charge in [-0.3, -0.25) is 0 Å². The van der Waals surface area contributed by atoms with Crippen molar-refractivity contribution in [1.29, 1.82) is 0 Å². The lowest BCUT2D eigenvalue weighted by Crippen LogP contribution is -2.19. The van der Waals surface area contributed by atoms with Crippen LogP contribution in [0.25, 0.3) is 0 Å². The van der Waals surface area contributed by atoms with Gasteiger partial charge < -0.3 is 10.4 Å². The molecular formula is C12H16F3NO. The molecule has 0 bridgehead atoms. The Labute approximate surface area is 98.5 Å². The van der Waals surface area contributed by atoms with E-state index >= 15 is 0 Å². The molecule has 0 aliphatic rings. The molecule has 0 fully saturated rings. The summed E-state index contributed by atoms with van der Waals surface area (Å²) in [6, 6.07) is 3.54. The third-order valence-electron chi connectivity index (χ3n) is 2.56. The van der Waals surface area contributed by atoms with Crippen LogP contribution < -0.4 is 5.32 Å². The highest BCUT2D eigenvalue weighted by Crippen LogP contribution is 2.31. The van der Waals surface area contributed by atoms with Crippen molar-refractivity contribution in [3.05, 3.63) is 29.3 Å². The predicted molar refractivity (Wildman–Crippen MR) is 61.0 cm³/mol. The van der Waals surface area contributed by atoms with Crippen LogP contribution in [0.2, 0.25) is 0 Å². The van der Waals surface area contributed by atoms with Crippen LogP contribution in [0.4, 0.5) is 18.9 Å². The number of aliphatic hydroxyl groups excluding tert-OH is 1. The van der Waals surface area contributed by atoms with Crippen LogP contribution in [0.3, 0.4) is 0 Å². The first-order chi connectivity index (χ1) is 7.84. The van der Waals surface area contributed by atoms with E-state index in [-0.39, 0.29) is 6.54 Å². The van der Waals surface area contributed by atoms with Gasteiger partial charge in [0, 0.05) is 12.2 Å². The van der Waals surface area contributed by atoms with E-state index in [2.05, 4.69) is 5.32 Å². The zero-order chi connectivity index (χ0) is 13.1. The Balaban J connectivity index is 2.84. The van der Waals surface area contributed by atoms with Gasteiger partial charge in [-0.2, -0.15) is 13.2 Å². The normalized spacial score (nSPS) is 13.5. The van der Waals surface area contributed by atoms with Gasteiger partial charge in [0.1, 0.15) is 0 Å². The van der Waals surface area contributed by atoms with Crippen molar-refractivity contribution in [3.63, 3.8) is 0 Å². The summed E-state index contributed by atoms with van der Waals surface area (Å²) in [6.45, 7) is 3.78. The highest BCUT2D eigenvalue weighted by molar-refractivity contribution is 5.53. The van der Waals surface area contributed by atoms with Gasteiger partial charge in [0.2, 0.25) is 0 Å².